The summed E-state index contributed by atoms with van der Waals surface area (Å²) in [5.41, 5.74) is 6.03. The fraction of sp³-hybridized carbons (Fsp3) is 0.500. The summed E-state index contributed by atoms with van der Waals surface area (Å²) in [6.07, 6.45) is 1.49. The molecular weight excluding hydrogens is 222 g/mol. The van der Waals surface area contributed by atoms with E-state index in [1.165, 1.54) is 6.20 Å². The molecule has 1 fully saturated rings. The SMILES string of the molecule is N=C(N)c1ccnnc1N1CCOCC1CO. The minimum Gasteiger partial charge on any atom is -0.394 e. The minimum atomic E-state index is -0.168. The summed E-state index contributed by atoms with van der Waals surface area (Å²) < 4.78 is 5.29. The molecule has 1 aromatic rings. The monoisotopic (exact) mass is 237 g/mol. The number of hydrogen-bond donors (Lipinski definition) is 3. The highest BCUT2D eigenvalue weighted by Gasteiger charge is 2.26. The molecule has 17 heavy (non-hydrogen) atoms. The standard InChI is InChI=1S/C10H15N5O2/c11-9(12)8-1-2-13-14-10(8)15-3-4-17-6-7(15)5-16/h1-2,7,16H,3-6H2,(H3,11,12). The van der Waals surface area contributed by atoms with E-state index in [2.05, 4.69) is 10.2 Å². The van der Waals surface area contributed by atoms with Crippen molar-refractivity contribution in [3.05, 3.63) is 17.8 Å². The number of rotatable bonds is 3. The van der Waals surface area contributed by atoms with Crippen molar-refractivity contribution in [2.24, 2.45) is 5.73 Å². The first-order valence-electron chi connectivity index (χ1n) is 5.35. The van der Waals surface area contributed by atoms with Crippen LogP contribution in [0.1, 0.15) is 5.56 Å². The van der Waals surface area contributed by atoms with Gasteiger partial charge in [0.15, 0.2) is 5.82 Å². The van der Waals surface area contributed by atoms with E-state index in [0.717, 1.165) is 0 Å². The van der Waals surface area contributed by atoms with Crippen LogP contribution in [0.3, 0.4) is 0 Å². The van der Waals surface area contributed by atoms with Crippen molar-refractivity contribution in [3.8, 4) is 0 Å². The summed E-state index contributed by atoms with van der Waals surface area (Å²) in [5.74, 6) is 0.473. The molecule has 0 aromatic carbocycles. The quantitative estimate of drug-likeness (QED) is 0.457. The van der Waals surface area contributed by atoms with Gasteiger partial charge in [0.1, 0.15) is 5.84 Å². The Morgan fingerprint density at radius 2 is 2.53 bits per heavy atom. The molecule has 2 heterocycles. The molecule has 0 amide bonds. The molecule has 1 atom stereocenters. The van der Waals surface area contributed by atoms with E-state index in [0.29, 0.717) is 31.1 Å². The molecule has 1 aliphatic heterocycles. The molecule has 1 saturated heterocycles. The Morgan fingerprint density at radius 3 is 3.24 bits per heavy atom. The van der Waals surface area contributed by atoms with E-state index in [1.807, 2.05) is 4.90 Å². The average molecular weight is 237 g/mol. The third-order valence-corrected chi connectivity index (χ3v) is 2.70. The summed E-state index contributed by atoms with van der Waals surface area (Å²) in [5, 5.41) is 24.6. The van der Waals surface area contributed by atoms with Crippen molar-refractivity contribution in [1.82, 2.24) is 10.2 Å². The van der Waals surface area contributed by atoms with Gasteiger partial charge in [-0.25, -0.2) is 0 Å². The Balaban J connectivity index is 2.34. The van der Waals surface area contributed by atoms with Gasteiger partial charge < -0.3 is 20.5 Å². The Hall–Kier alpha value is -1.73. The van der Waals surface area contributed by atoms with Gasteiger partial charge in [-0.1, -0.05) is 0 Å². The molecule has 1 unspecified atom stereocenters. The fourth-order valence-corrected chi connectivity index (χ4v) is 1.83. The van der Waals surface area contributed by atoms with Crippen LogP contribution < -0.4 is 10.6 Å². The third-order valence-electron chi connectivity index (χ3n) is 2.70. The lowest BCUT2D eigenvalue weighted by atomic mass is 10.2. The Morgan fingerprint density at radius 1 is 1.71 bits per heavy atom. The number of aromatic nitrogens is 2. The molecule has 92 valence electrons. The first kappa shape index (κ1) is 11.7. The van der Waals surface area contributed by atoms with Crippen LogP contribution >= 0.6 is 0 Å². The molecule has 7 nitrogen and oxygen atoms in total. The van der Waals surface area contributed by atoms with E-state index >= 15 is 0 Å². The van der Waals surface area contributed by atoms with E-state index in [9.17, 15) is 5.11 Å². The molecule has 0 aliphatic carbocycles. The van der Waals surface area contributed by atoms with E-state index < -0.39 is 0 Å². The first-order chi connectivity index (χ1) is 8.24. The van der Waals surface area contributed by atoms with E-state index in [-0.39, 0.29) is 18.5 Å². The van der Waals surface area contributed by atoms with Crippen LogP contribution in [0, 0.1) is 5.41 Å². The molecule has 0 saturated carbocycles. The third kappa shape index (κ3) is 2.34. The Bertz CT molecular complexity index is 411. The van der Waals surface area contributed by atoms with Crippen LogP contribution in [-0.2, 0) is 4.74 Å². The zero-order valence-electron chi connectivity index (χ0n) is 9.33. The number of amidine groups is 1. The molecule has 2 rings (SSSR count). The van der Waals surface area contributed by atoms with Crippen LogP contribution in [0.5, 0.6) is 0 Å². The minimum absolute atomic E-state index is 0.0338. The van der Waals surface area contributed by atoms with Gasteiger partial charge >= 0.3 is 0 Å². The van der Waals surface area contributed by atoms with Crippen LogP contribution in [0.2, 0.25) is 0 Å². The van der Waals surface area contributed by atoms with Crippen molar-refractivity contribution in [3.63, 3.8) is 0 Å². The zero-order valence-corrected chi connectivity index (χ0v) is 9.33. The predicted molar refractivity (Wildman–Crippen MR) is 62.1 cm³/mol. The zero-order chi connectivity index (χ0) is 12.3. The summed E-state index contributed by atoms with van der Waals surface area (Å²) in [6, 6.07) is 1.48. The molecule has 4 N–H and O–H groups in total. The van der Waals surface area contributed by atoms with Gasteiger partial charge in [-0.15, -0.1) is 5.10 Å². The van der Waals surface area contributed by atoms with Crippen LogP contribution in [0.4, 0.5) is 5.82 Å². The average Bonchev–Trinajstić information content (AvgIpc) is 2.38. The maximum atomic E-state index is 9.30. The molecule has 1 aromatic heterocycles. The topological polar surface area (TPSA) is 108 Å². The predicted octanol–water partition coefficient (Wildman–Crippen LogP) is -1.04. The van der Waals surface area contributed by atoms with Gasteiger partial charge in [0, 0.05) is 6.54 Å². The Kier molecular flexibility index (Phi) is 3.50. The van der Waals surface area contributed by atoms with Gasteiger partial charge in [0.2, 0.25) is 0 Å². The van der Waals surface area contributed by atoms with Crippen LogP contribution in [0.25, 0.3) is 0 Å². The second kappa shape index (κ2) is 5.07. The molecular formula is C10H15N5O2. The number of ether oxygens (including phenoxy) is 1. The van der Waals surface area contributed by atoms with E-state index in [1.54, 1.807) is 6.07 Å². The van der Waals surface area contributed by atoms with Crippen LogP contribution in [0.15, 0.2) is 12.3 Å². The van der Waals surface area contributed by atoms with E-state index in [4.69, 9.17) is 15.9 Å². The van der Waals surface area contributed by atoms with Crippen LogP contribution in [-0.4, -0.2) is 53.5 Å². The highest BCUT2D eigenvalue weighted by atomic mass is 16.5. The summed E-state index contributed by atoms with van der Waals surface area (Å²) in [4.78, 5) is 1.88. The maximum absolute atomic E-state index is 9.30. The van der Waals surface area contributed by atoms with Gasteiger partial charge in [0.05, 0.1) is 37.6 Å². The first-order valence-corrected chi connectivity index (χ1v) is 5.35. The maximum Gasteiger partial charge on any atom is 0.162 e. The number of nitrogens with one attached hydrogen (secondary N) is 1. The largest absolute Gasteiger partial charge is 0.394 e. The number of aliphatic hydroxyl groups excluding tert-OH is 1. The molecule has 0 spiro atoms. The van der Waals surface area contributed by atoms with Crippen molar-refractivity contribution in [2.45, 2.75) is 6.04 Å². The number of nitrogens with two attached hydrogens (primary N) is 1. The fourth-order valence-electron chi connectivity index (χ4n) is 1.83. The number of anilines is 1. The van der Waals surface area contributed by atoms with Crippen molar-refractivity contribution in [1.29, 1.82) is 5.41 Å². The van der Waals surface area contributed by atoms with Crippen molar-refractivity contribution >= 4 is 11.7 Å². The second-order valence-electron chi connectivity index (χ2n) is 3.79. The second-order valence-corrected chi connectivity index (χ2v) is 3.79. The number of aliphatic hydroxyl groups is 1. The summed E-state index contributed by atoms with van der Waals surface area (Å²) in [7, 11) is 0. The lowest BCUT2D eigenvalue weighted by molar-refractivity contribution is 0.0722. The number of nitrogens with zero attached hydrogens (tertiary/aromatic N) is 3. The highest BCUT2D eigenvalue weighted by molar-refractivity contribution is 5.99. The van der Waals surface area contributed by atoms with Gasteiger partial charge in [-0.2, -0.15) is 5.10 Å². The molecule has 0 radical (unpaired) electrons. The molecule has 1 aliphatic rings. The molecule has 0 bridgehead atoms. The van der Waals surface area contributed by atoms with Gasteiger partial charge in [-0.05, 0) is 6.07 Å². The lowest BCUT2D eigenvalue weighted by Crippen LogP contribution is -2.48. The number of hydrogen-bond acceptors (Lipinski definition) is 6. The smallest absolute Gasteiger partial charge is 0.162 e. The number of morpholine rings is 1. The Labute approximate surface area is 98.7 Å². The van der Waals surface area contributed by atoms with Gasteiger partial charge in [-0.3, -0.25) is 5.41 Å². The normalized spacial score (nSPS) is 20.3. The van der Waals surface area contributed by atoms with Crippen molar-refractivity contribution in [2.75, 3.05) is 31.3 Å². The molecule has 7 heteroatoms. The lowest BCUT2D eigenvalue weighted by Gasteiger charge is -2.35. The summed E-state index contributed by atoms with van der Waals surface area (Å²) >= 11 is 0. The summed E-state index contributed by atoms with van der Waals surface area (Å²) in [6.45, 7) is 1.56. The highest BCUT2D eigenvalue weighted by Crippen LogP contribution is 2.20. The number of nitrogen functional groups attached to an aromatic ring is 1. The van der Waals surface area contributed by atoms with Crippen molar-refractivity contribution < 1.29 is 9.84 Å². The van der Waals surface area contributed by atoms with Gasteiger partial charge in [0.25, 0.3) is 0 Å².